The molecule has 2 fully saturated rings. The molecule has 2 saturated heterocycles. The number of carbonyl (C=O) groups excluding carboxylic acids is 1. The first-order valence-electron chi connectivity index (χ1n) is 9.97. The van der Waals surface area contributed by atoms with E-state index in [2.05, 4.69) is 4.98 Å². The Hall–Kier alpha value is -1.88. The van der Waals surface area contributed by atoms with Crippen molar-refractivity contribution in [2.75, 3.05) is 44.4 Å². The highest BCUT2D eigenvalue weighted by atomic mass is 32.2. The second-order valence-electron chi connectivity index (χ2n) is 7.99. The Morgan fingerprint density at radius 1 is 1.20 bits per heavy atom. The quantitative estimate of drug-likeness (QED) is 0.706. The van der Waals surface area contributed by atoms with E-state index in [1.165, 1.54) is 16.6 Å². The molecule has 30 heavy (non-hydrogen) atoms. The molecule has 0 aromatic carbocycles. The molecule has 3 rings (SSSR count). The van der Waals surface area contributed by atoms with E-state index in [0.29, 0.717) is 45.3 Å². The maximum Gasteiger partial charge on any atom is 0.419 e. The van der Waals surface area contributed by atoms with E-state index in [0.717, 1.165) is 12.3 Å². The minimum atomic E-state index is -4.51. The van der Waals surface area contributed by atoms with Crippen LogP contribution in [-0.2, 0) is 21.0 Å². The summed E-state index contributed by atoms with van der Waals surface area (Å²) in [5, 5.41) is 0. The van der Waals surface area contributed by atoms with Gasteiger partial charge < -0.3 is 9.80 Å². The number of amides is 1. The van der Waals surface area contributed by atoms with E-state index in [-0.39, 0.29) is 24.3 Å². The standard InChI is InChI=1S/C19H27F3N4O3S/c1-24(30(2,28)29)15-7-11-25(12-8-15)18(27)14-5-4-10-26(13-14)17-16(19(20,21)22)6-3-9-23-17/h3,6,9,14-15H,4-5,7-8,10-13H2,1-2H3. The molecule has 1 amide bonds. The van der Waals surface area contributed by atoms with Gasteiger partial charge in [-0.15, -0.1) is 0 Å². The van der Waals surface area contributed by atoms with Gasteiger partial charge in [0.1, 0.15) is 5.82 Å². The van der Waals surface area contributed by atoms with Gasteiger partial charge in [-0.1, -0.05) is 0 Å². The van der Waals surface area contributed by atoms with Crippen molar-refractivity contribution in [3.8, 4) is 0 Å². The number of likely N-dealkylation sites (tertiary alicyclic amines) is 1. The number of piperidine rings is 2. The number of alkyl halides is 3. The van der Waals surface area contributed by atoms with E-state index in [9.17, 15) is 26.4 Å². The number of pyridine rings is 1. The first-order chi connectivity index (χ1) is 14.0. The van der Waals surface area contributed by atoms with Crippen LogP contribution in [0.2, 0.25) is 0 Å². The van der Waals surface area contributed by atoms with Crippen molar-refractivity contribution in [3.63, 3.8) is 0 Å². The number of nitrogens with zero attached hydrogens (tertiary/aromatic N) is 4. The van der Waals surface area contributed by atoms with Crippen molar-refractivity contribution in [2.24, 2.45) is 5.92 Å². The number of anilines is 1. The van der Waals surface area contributed by atoms with E-state index in [1.807, 2.05) is 0 Å². The molecule has 168 valence electrons. The SMILES string of the molecule is CN(C1CCN(C(=O)C2CCCN(c3ncccc3C(F)(F)F)C2)CC1)S(C)(=O)=O. The van der Waals surface area contributed by atoms with Gasteiger partial charge >= 0.3 is 6.18 Å². The Morgan fingerprint density at radius 3 is 2.47 bits per heavy atom. The molecule has 0 spiro atoms. The largest absolute Gasteiger partial charge is 0.419 e. The lowest BCUT2D eigenvalue weighted by molar-refractivity contribution is -0.137. The normalized spacial score (nSPS) is 21.9. The predicted molar refractivity (Wildman–Crippen MR) is 106 cm³/mol. The van der Waals surface area contributed by atoms with Crippen molar-refractivity contribution in [1.82, 2.24) is 14.2 Å². The highest BCUT2D eigenvalue weighted by Gasteiger charge is 2.38. The lowest BCUT2D eigenvalue weighted by Crippen LogP contribution is -2.51. The average molecular weight is 449 g/mol. The van der Waals surface area contributed by atoms with Crippen molar-refractivity contribution in [2.45, 2.75) is 37.9 Å². The second-order valence-corrected chi connectivity index (χ2v) is 10.0. The van der Waals surface area contributed by atoms with Gasteiger partial charge in [0.05, 0.1) is 17.7 Å². The molecule has 0 radical (unpaired) electrons. The number of hydrogen-bond acceptors (Lipinski definition) is 5. The molecule has 7 nitrogen and oxygen atoms in total. The van der Waals surface area contributed by atoms with Crippen LogP contribution in [0.1, 0.15) is 31.2 Å². The summed E-state index contributed by atoms with van der Waals surface area (Å²) in [6.45, 7) is 1.50. The fourth-order valence-electron chi connectivity index (χ4n) is 4.22. The zero-order chi connectivity index (χ0) is 22.1. The van der Waals surface area contributed by atoms with E-state index >= 15 is 0 Å². The van der Waals surface area contributed by atoms with E-state index in [4.69, 9.17) is 0 Å². The molecule has 1 unspecified atom stereocenters. The summed E-state index contributed by atoms with van der Waals surface area (Å²) in [6.07, 6.45) is 0.305. The molecule has 0 saturated carbocycles. The molecular weight excluding hydrogens is 421 g/mol. The van der Waals surface area contributed by atoms with Crippen molar-refractivity contribution >= 4 is 21.7 Å². The van der Waals surface area contributed by atoms with Gasteiger partial charge in [0.15, 0.2) is 0 Å². The zero-order valence-electron chi connectivity index (χ0n) is 17.1. The molecule has 1 atom stereocenters. The minimum Gasteiger partial charge on any atom is -0.355 e. The smallest absolute Gasteiger partial charge is 0.355 e. The number of halogens is 3. The summed E-state index contributed by atoms with van der Waals surface area (Å²) in [7, 11) is -1.75. The maximum absolute atomic E-state index is 13.3. The van der Waals surface area contributed by atoms with Crippen molar-refractivity contribution < 1.29 is 26.4 Å². The minimum absolute atomic E-state index is 0.0790. The second kappa shape index (κ2) is 8.70. The van der Waals surface area contributed by atoms with Crippen molar-refractivity contribution in [1.29, 1.82) is 0 Å². The fraction of sp³-hybridized carbons (Fsp3) is 0.684. The molecule has 0 bridgehead atoms. The predicted octanol–water partition coefficient (Wildman–Crippen LogP) is 2.20. The summed E-state index contributed by atoms with van der Waals surface area (Å²) in [5.41, 5.74) is -0.789. The number of rotatable bonds is 4. The van der Waals surface area contributed by atoms with Crippen LogP contribution in [-0.4, -0.2) is 74.0 Å². The summed E-state index contributed by atoms with van der Waals surface area (Å²) >= 11 is 0. The first-order valence-corrected chi connectivity index (χ1v) is 11.8. The van der Waals surface area contributed by atoms with Gasteiger partial charge in [-0.2, -0.15) is 13.2 Å². The van der Waals surface area contributed by atoms with Crippen LogP contribution in [0.5, 0.6) is 0 Å². The van der Waals surface area contributed by atoms with Gasteiger partial charge in [-0.25, -0.2) is 17.7 Å². The summed E-state index contributed by atoms with van der Waals surface area (Å²) in [5.74, 6) is -0.605. The van der Waals surface area contributed by atoms with Gasteiger partial charge in [0.25, 0.3) is 0 Å². The molecule has 2 aliphatic heterocycles. The van der Waals surface area contributed by atoms with Crippen LogP contribution in [0.15, 0.2) is 18.3 Å². The van der Waals surface area contributed by atoms with Crippen LogP contribution in [0, 0.1) is 5.92 Å². The molecule has 0 aliphatic carbocycles. The molecule has 1 aromatic heterocycles. The van der Waals surface area contributed by atoms with Crippen LogP contribution in [0.25, 0.3) is 0 Å². The van der Waals surface area contributed by atoms with Crippen LogP contribution in [0.4, 0.5) is 19.0 Å². The Bertz CT molecular complexity index is 870. The number of aromatic nitrogens is 1. The summed E-state index contributed by atoms with van der Waals surface area (Å²) in [4.78, 5) is 20.2. The van der Waals surface area contributed by atoms with Gasteiger partial charge in [-0.05, 0) is 37.8 Å². The number of carbonyl (C=O) groups is 1. The Kier molecular flexibility index (Phi) is 6.61. The highest BCUT2D eigenvalue weighted by molar-refractivity contribution is 7.88. The van der Waals surface area contributed by atoms with Crippen LogP contribution >= 0.6 is 0 Å². The van der Waals surface area contributed by atoms with Crippen LogP contribution < -0.4 is 4.90 Å². The fourth-order valence-corrected chi connectivity index (χ4v) is 4.97. The van der Waals surface area contributed by atoms with Gasteiger partial charge in [-0.3, -0.25) is 4.79 Å². The van der Waals surface area contributed by atoms with Crippen LogP contribution in [0.3, 0.4) is 0 Å². The van der Waals surface area contributed by atoms with Gasteiger partial charge in [0.2, 0.25) is 15.9 Å². The highest BCUT2D eigenvalue weighted by Crippen LogP contribution is 2.36. The first kappa shape index (κ1) is 22.8. The molecule has 11 heteroatoms. The van der Waals surface area contributed by atoms with E-state index in [1.54, 1.807) is 16.8 Å². The Labute approximate surface area is 174 Å². The third-order valence-electron chi connectivity index (χ3n) is 5.98. The topological polar surface area (TPSA) is 73.8 Å². The number of hydrogen-bond donors (Lipinski definition) is 0. The lowest BCUT2D eigenvalue weighted by atomic mass is 9.94. The third-order valence-corrected chi connectivity index (χ3v) is 7.32. The van der Waals surface area contributed by atoms with E-state index < -0.39 is 27.7 Å². The molecule has 1 aromatic rings. The lowest BCUT2D eigenvalue weighted by Gasteiger charge is -2.39. The molecule has 3 heterocycles. The Morgan fingerprint density at radius 2 is 1.87 bits per heavy atom. The molecule has 2 aliphatic rings. The Balaban J connectivity index is 1.65. The zero-order valence-corrected chi connectivity index (χ0v) is 17.9. The average Bonchev–Trinajstić information content (AvgIpc) is 2.71. The van der Waals surface area contributed by atoms with Gasteiger partial charge in [0, 0.05) is 45.5 Å². The maximum atomic E-state index is 13.3. The van der Waals surface area contributed by atoms with Crippen molar-refractivity contribution in [3.05, 3.63) is 23.9 Å². The monoisotopic (exact) mass is 448 g/mol. The summed E-state index contributed by atoms with van der Waals surface area (Å²) in [6, 6.07) is 2.13. The third kappa shape index (κ3) is 5.05. The molecule has 0 N–H and O–H groups in total. The molecular formula is C19H27F3N4O3S. The number of sulfonamides is 1. The summed E-state index contributed by atoms with van der Waals surface area (Å²) < 4.78 is 64.8.